The second kappa shape index (κ2) is 7.73. The molecule has 2 rings (SSSR count). The third kappa shape index (κ3) is 4.54. The van der Waals surface area contributed by atoms with Gasteiger partial charge in [-0.1, -0.05) is 12.1 Å². The molecule has 0 aliphatic heterocycles. The lowest BCUT2D eigenvalue weighted by Gasteiger charge is -2.12. The molecule has 1 amide bonds. The highest BCUT2D eigenvalue weighted by atomic mass is 16.6. The molecule has 8 heteroatoms. The number of benzene rings is 1. The summed E-state index contributed by atoms with van der Waals surface area (Å²) in [4.78, 5) is 33.9. The molecule has 1 heterocycles. The van der Waals surface area contributed by atoms with E-state index in [2.05, 4.69) is 5.32 Å². The Labute approximate surface area is 136 Å². The first-order chi connectivity index (χ1) is 11.5. The van der Waals surface area contributed by atoms with Gasteiger partial charge in [-0.2, -0.15) is 0 Å². The van der Waals surface area contributed by atoms with Crippen molar-refractivity contribution in [3.05, 3.63) is 64.6 Å². The number of hydrogen-bond donors (Lipinski definition) is 1. The number of nitro groups is 1. The Hall–Kier alpha value is -3.42. The van der Waals surface area contributed by atoms with Crippen LogP contribution in [0.2, 0.25) is 0 Å². The minimum atomic E-state index is -1.13. The summed E-state index contributed by atoms with van der Waals surface area (Å²) in [6.45, 7) is 1.36. The number of amides is 1. The fourth-order valence-electron chi connectivity index (χ4n) is 1.78. The lowest BCUT2D eigenvalue weighted by molar-refractivity contribution is -0.383. The van der Waals surface area contributed by atoms with Crippen molar-refractivity contribution in [1.29, 1.82) is 0 Å². The number of furan rings is 1. The van der Waals surface area contributed by atoms with Gasteiger partial charge in [-0.25, -0.2) is 4.79 Å². The van der Waals surface area contributed by atoms with Crippen LogP contribution in [0.1, 0.15) is 12.7 Å². The number of nitrogens with zero attached hydrogens (tertiary/aromatic N) is 1. The average Bonchev–Trinajstić information content (AvgIpc) is 3.06. The van der Waals surface area contributed by atoms with Gasteiger partial charge in [0.1, 0.15) is 11.4 Å². The molecule has 0 saturated heterocycles. The number of para-hydroxylation sites is 2. The molecule has 1 aromatic heterocycles. The molecule has 0 bridgehead atoms. The molecule has 1 aromatic carbocycles. The average molecular weight is 330 g/mol. The van der Waals surface area contributed by atoms with Crippen LogP contribution >= 0.6 is 0 Å². The van der Waals surface area contributed by atoms with E-state index in [9.17, 15) is 19.7 Å². The molecular weight excluding hydrogens is 316 g/mol. The summed E-state index contributed by atoms with van der Waals surface area (Å²) in [6, 6.07) is 8.99. The fourth-order valence-corrected chi connectivity index (χ4v) is 1.78. The van der Waals surface area contributed by atoms with Gasteiger partial charge in [-0.05, 0) is 31.2 Å². The Bertz CT molecular complexity index is 767. The van der Waals surface area contributed by atoms with Crippen LogP contribution in [0.4, 0.5) is 11.4 Å². The zero-order valence-electron chi connectivity index (χ0n) is 12.7. The van der Waals surface area contributed by atoms with Crippen molar-refractivity contribution < 1.29 is 23.7 Å². The summed E-state index contributed by atoms with van der Waals surface area (Å²) >= 11 is 0. The van der Waals surface area contributed by atoms with E-state index in [1.54, 1.807) is 18.2 Å². The number of ether oxygens (including phenoxy) is 1. The predicted octanol–water partition coefficient (Wildman–Crippen LogP) is 2.77. The minimum Gasteiger partial charge on any atom is -0.465 e. The van der Waals surface area contributed by atoms with Crippen molar-refractivity contribution in [2.24, 2.45) is 0 Å². The van der Waals surface area contributed by atoms with E-state index in [0.717, 1.165) is 6.08 Å². The first kappa shape index (κ1) is 16.9. The number of esters is 1. The normalized spacial score (nSPS) is 11.9. The SMILES string of the molecule is C[C@@H](OC(=O)/C=C/c1ccco1)C(=O)Nc1ccccc1[N+](=O)[O-]. The Kier molecular flexibility index (Phi) is 5.45. The largest absolute Gasteiger partial charge is 0.465 e. The van der Waals surface area contributed by atoms with Gasteiger partial charge in [-0.15, -0.1) is 0 Å². The number of carbonyl (C=O) groups is 2. The third-order valence-electron chi connectivity index (χ3n) is 2.95. The standard InChI is InChI=1S/C16H14N2O6/c1-11(24-15(19)9-8-12-5-4-10-23-12)16(20)17-13-6-2-3-7-14(13)18(21)22/h2-11H,1H3,(H,17,20)/b9-8+/t11-/m1/s1. The van der Waals surface area contributed by atoms with E-state index in [4.69, 9.17) is 9.15 Å². The van der Waals surface area contributed by atoms with Gasteiger partial charge in [0.05, 0.1) is 11.2 Å². The summed E-state index contributed by atoms with van der Waals surface area (Å²) in [5.74, 6) is -0.954. The molecule has 124 valence electrons. The summed E-state index contributed by atoms with van der Waals surface area (Å²) in [6.07, 6.45) is 2.84. The third-order valence-corrected chi connectivity index (χ3v) is 2.95. The van der Waals surface area contributed by atoms with Crippen LogP contribution in [0.3, 0.4) is 0 Å². The van der Waals surface area contributed by atoms with E-state index < -0.39 is 22.9 Å². The highest BCUT2D eigenvalue weighted by Crippen LogP contribution is 2.23. The summed E-state index contributed by atoms with van der Waals surface area (Å²) in [5.41, 5.74) is -0.219. The van der Waals surface area contributed by atoms with Gasteiger partial charge >= 0.3 is 5.97 Å². The van der Waals surface area contributed by atoms with Gasteiger partial charge in [-0.3, -0.25) is 14.9 Å². The van der Waals surface area contributed by atoms with E-state index >= 15 is 0 Å². The molecule has 0 saturated carbocycles. The number of anilines is 1. The van der Waals surface area contributed by atoms with Crippen LogP contribution in [-0.4, -0.2) is 22.9 Å². The molecule has 0 unspecified atom stereocenters. The molecule has 0 spiro atoms. The van der Waals surface area contributed by atoms with Gasteiger partial charge in [0.2, 0.25) is 0 Å². The van der Waals surface area contributed by atoms with E-state index in [1.807, 2.05) is 0 Å². The maximum atomic E-state index is 12.0. The quantitative estimate of drug-likeness (QED) is 0.377. The van der Waals surface area contributed by atoms with Crippen molar-refractivity contribution in [2.75, 3.05) is 5.32 Å². The van der Waals surface area contributed by atoms with Gasteiger partial charge in [0, 0.05) is 12.1 Å². The number of hydrogen-bond acceptors (Lipinski definition) is 6. The summed E-state index contributed by atoms with van der Waals surface area (Å²) < 4.78 is 9.95. The van der Waals surface area contributed by atoms with Crippen LogP contribution in [-0.2, 0) is 14.3 Å². The minimum absolute atomic E-state index is 0.0292. The van der Waals surface area contributed by atoms with Crippen LogP contribution in [0, 0.1) is 10.1 Å². The highest BCUT2D eigenvalue weighted by Gasteiger charge is 2.20. The van der Waals surface area contributed by atoms with Crippen molar-refractivity contribution in [3.8, 4) is 0 Å². The highest BCUT2D eigenvalue weighted by molar-refractivity contribution is 5.98. The zero-order chi connectivity index (χ0) is 17.5. The first-order valence-electron chi connectivity index (χ1n) is 6.94. The molecule has 24 heavy (non-hydrogen) atoms. The molecular formula is C16H14N2O6. The number of nitrogens with one attached hydrogen (secondary N) is 1. The molecule has 0 aliphatic rings. The Morgan fingerprint density at radius 1 is 1.29 bits per heavy atom. The van der Waals surface area contributed by atoms with Crippen molar-refractivity contribution in [2.45, 2.75) is 13.0 Å². The number of rotatable bonds is 6. The van der Waals surface area contributed by atoms with E-state index in [1.165, 1.54) is 37.5 Å². The van der Waals surface area contributed by atoms with Gasteiger partial charge < -0.3 is 14.5 Å². The molecule has 1 N–H and O–H groups in total. The second-order valence-corrected chi connectivity index (χ2v) is 4.69. The van der Waals surface area contributed by atoms with Crippen LogP contribution in [0.25, 0.3) is 6.08 Å². The van der Waals surface area contributed by atoms with E-state index in [0.29, 0.717) is 5.76 Å². The predicted molar refractivity (Wildman–Crippen MR) is 85.0 cm³/mol. The zero-order valence-corrected chi connectivity index (χ0v) is 12.7. The van der Waals surface area contributed by atoms with Crippen LogP contribution in [0.15, 0.2) is 53.2 Å². The summed E-state index contributed by atoms with van der Waals surface area (Å²) in [7, 11) is 0. The fraction of sp³-hybridized carbons (Fsp3) is 0.125. The first-order valence-corrected chi connectivity index (χ1v) is 6.94. The second-order valence-electron chi connectivity index (χ2n) is 4.69. The van der Waals surface area contributed by atoms with Gasteiger partial charge in [0.25, 0.3) is 11.6 Å². The van der Waals surface area contributed by atoms with Crippen LogP contribution in [0.5, 0.6) is 0 Å². The van der Waals surface area contributed by atoms with Crippen molar-refractivity contribution in [3.63, 3.8) is 0 Å². The van der Waals surface area contributed by atoms with Crippen molar-refractivity contribution >= 4 is 29.3 Å². The lowest BCUT2D eigenvalue weighted by Crippen LogP contribution is -2.29. The van der Waals surface area contributed by atoms with Gasteiger partial charge in [0.15, 0.2) is 6.10 Å². The Morgan fingerprint density at radius 2 is 2.04 bits per heavy atom. The number of nitro benzene ring substituents is 1. The van der Waals surface area contributed by atoms with Crippen LogP contribution < -0.4 is 5.32 Å². The molecule has 1 atom stereocenters. The smallest absolute Gasteiger partial charge is 0.331 e. The monoisotopic (exact) mass is 330 g/mol. The van der Waals surface area contributed by atoms with E-state index in [-0.39, 0.29) is 11.4 Å². The molecule has 0 aliphatic carbocycles. The molecule has 2 aromatic rings. The maximum absolute atomic E-state index is 12.0. The molecule has 8 nitrogen and oxygen atoms in total. The van der Waals surface area contributed by atoms with Crippen molar-refractivity contribution in [1.82, 2.24) is 0 Å². The Balaban J connectivity index is 1.95. The maximum Gasteiger partial charge on any atom is 0.331 e. The Morgan fingerprint density at radius 3 is 2.71 bits per heavy atom. The lowest BCUT2D eigenvalue weighted by atomic mass is 10.2. The topological polar surface area (TPSA) is 112 Å². The summed E-state index contributed by atoms with van der Waals surface area (Å²) in [5, 5.41) is 13.3. The number of carbonyl (C=O) groups excluding carboxylic acids is 2. The molecule has 0 radical (unpaired) electrons. The molecule has 0 fully saturated rings.